The molecule has 1 saturated heterocycles. The first-order valence-electron chi connectivity index (χ1n) is 6.82. The van der Waals surface area contributed by atoms with Crippen LogP contribution in [0.3, 0.4) is 0 Å². The van der Waals surface area contributed by atoms with Crippen molar-refractivity contribution in [2.24, 2.45) is 0 Å². The number of para-hydroxylation sites is 1. The summed E-state index contributed by atoms with van der Waals surface area (Å²) in [7, 11) is 1.70. The van der Waals surface area contributed by atoms with E-state index in [9.17, 15) is 9.59 Å². The van der Waals surface area contributed by atoms with E-state index in [4.69, 9.17) is 11.6 Å². The molecule has 1 aliphatic rings. The predicted octanol–water partition coefficient (Wildman–Crippen LogP) is 2.66. The van der Waals surface area contributed by atoms with E-state index in [1.807, 2.05) is 31.4 Å². The Bertz CT molecular complexity index is 552. The monoisotopic (exact) mass is 326 g/mol. The summed E-state index contributed by atoms with van der Waals surface area (Å²) in [6.45, 7) is 2.44. The van der Waals surface area contributed by atoms with E-state index < -0.39 is 6.04 Å². The third-order valence-corrected chi connectivity index (χ3v) is 5.07. The highest BCUT2D eigenvalue weighted by atomic mass is 35.5. The first kappa shape index (κ1) is 16.2. The maximum Gasteiger partial charge on any atom is 0.249 e. The van der Waals surface area contributed by atoms with Crippen molar-refractivity contribution in [2.75, 3.05) is 24.7 Å². The molecule has 0 spiro atoms. The molecule has 0 N–H and O–H groups in total. The molecule has 2 amide bonds. The molecule has 1 aromatic rings. The van der Waals surface area contributed by atoms with Gasteiger partial charge in [0.15, 0.2) is 0 Å². The zero-order chi connectivity index (χ0) is 15.6. The lowest BCUT2D eigenvalue weighted by molar-refractivity contribution is -0.136. The van der Waals surface area contributed by atoms with Crippen molar-refractivity contribution in [1.29, 1.82) is 0 Å². The number of amides is 2. The van der Waals surface area contributed by atoms with Gasteiger partial charge in [0, 0.05) is 13.6 Å². The topological polar surface area (TPSA) is 40.6 Å². The number of benzene rings is 1. The maximum atomic E-state index is 12.6. The summed E-state index contributed by atoms with van der Waals surface area (Å²) < 4.78 is 0. The summed E-state index contributed by atoms with van der Waals surface area (Å²) in [5, 5.41) is 0.412. The molecular weight excluding hydrogens is 308 g/mol. The fourth-order valence-electron chi connectivity index (χ4n) is 2.48. The number of thioether (sulfide) groups is 1. The molecule has 0 radical (unpaired) electrons. The quantitative estimate of drug-likeness (QED) is 0.854. The lowest BCUT2D eigenvalue weighted by atomic mass is 10.2. The molecule has 1 fully saturated rings. The van der Waals surface area contributed by atoms with Crippen LogP contribution in [0, 0.1) is 0 Å². The molecule has 114 valence electrons. The van der Waals surface area contributed by atoms with Gasteiger partial charge in [0.25, 0.3) is 0 Å². The van der Waals surface area contributed by atoms with Crippen LogP contribution in [0.1, 0.15) is 13.3 Å². The van der Waals surface area contributed by atoms with Gasteiger partial charge in [-0.05, 0) is 31.7 Å². The van der Waals surface area contributed by atoms with Gasteiger partial charge in [-0.3, -0.25) is 9.59 Å². The Morgan fingerprint density at radius 2 is 2.14 bits per heavy atom. The predicted molar refractivity (Wildman–Crippen MR) is 88.0 cm³/mol. The van der Waals surface area contributed by atoms with Crippen LogP contribution < -0.4 is 4.90 Å². The molecular formula is C15H19ClN2O2S. The zero-order valence-electron chi connectivity index (χ0n) is 12.4. The number of hydrogen-bond donors (Lipinski definition) is 0. The molecule has 6 heteroatoms. The normalized spacial score (nSPS) is 19.7. The lowest BCUT2D eigenvalue weighted by Gasteiger charge is -2.26. The second-order valence-corrected chi connectivity index (χ2v) is 6.66. The van der Waals surface area contributed by atoms with Crippen molar-refractivity contribution in [1.82, 2.24) is 4.90 Å². The van der Waals surface area contributed by atoms with Gasteiger partial charge >= 0.3 is 0 Å². The maximum absolute atomic E-state index is 12.6. The third kappa shape index (κ3) is 3.19. The summed E-state index contributed by atoms with van der Waals surface area (Å²) in [5.41, 5.74) is 0.713. The van der Waals surface area contributed by atoms with E-state index in [2.05, 4.69) is 0 Å². The van der Waals surface area contributed by atoms with Gasteiger partial charge in [0.05, 0.1) is 16.0 Å². The fourth-order valence-corrected chi connectivity index (χ4v) is 3.08. The smallest absolute Gasteiger partial charge is 0.249 e. The number of likely N-dealkylation sites (N-methyl/N-ethyl adjacent to an activating group) is 1. The number of nitrogens with zero attached hydrogens (tertiary/aromatic N) is 2. The molecule has 1 heterocycles. The minimum atomic E-state index is -0.400. The number of halogens is 1. The Kier molecular flexibility index (Phi) is 5.17. The summed E-state index contributed by atoms with van der Waals surface area (Å²) in [6, 6.07) is 6.88. The van der Waals surface area contributed by atoms with Crippen LogP contribution >= 0.6 is 23.4 Å². The molecule has 0 unspecified atom stereocenters. The van der Waals surface area contributed by atoms with Crippen LogP contribution in [-0.4, -0.2) is 47.9 Å². The first-order chi connectivity index (χ1) is 9.97. The highest BCUT2D eigenvalue weighted by Gasteiger charge is 2.38. The van der Waals surface area contributed by atoms with Crippen molar-refractivity contribution in [3.63, 3.8) is 0 Å². The van der Waals surface area contributed by atoms with E-state index in [1.165, 1.54) is 11.8 Å². The first-order valence-corrected chi connectivity index (χ1v) is 8.49. The number of hydrogen-bond acceptors (Lipinski definition) is 3. The van der Waals surface area contributed by atoms with Crippen molar-refractivity contribution in [3.8, 4) is 0 Å². The summed E-state index contributed by atoms with van der Waals surface area (Å²) in [4.78, 5) is 28.0. The van der Waals surface area contributed by atoms with E-state index in [0.29, 0.717) is 23.7 Å². The molecule has 2 atom stereocenters. The van der Waals surface area contributed by atoms with Crippen LogP contribution in [0.2, 0.25) is 5.02 Å². The highest BCUT2D eigenvalue weighted by molar-refractivity contribution is 7.99. The van der Waals surface area contributed by atoms with Crippen molar-refractivity contribution < 1.29 is 9.59 Å². The van der Waals surface area contributed by atoms with Crippen molar-refractivity contribution in [3.05, 3.63) is 29.3 Å². The summed E-state index contributed by atoms with van der Waals surface area (Å²) in [5.74, 6) is -0.0749. The standard InChI is InChI=1S/C15H19ClN2O2S/c1-10(21-3)14(19)17(2)13-8-9-18(15(13)20)12-7-5-4-6-11(12)16/h4-7,10,13H,8-9H2,1-3H3/t10-,13-/m1/s1. The molecule has 2 rings (SSSR count). The molecule has 1 aromatic carbocycles. The molecule has 0 bridgehead atoms. The van der Waals surface area contributed by atoms with Gasteiger partial charge in [0.1, 0.15) is 6.04 Å². The van der Waals surface area contributed by atoms with Crippen LogP contribution in [0.15, 0.2) is 24.3 Å². The lowest BCUT2D eigenvalue weighted by Crippen LogP contribution is -2.45. The van der Waals surface area contributed by atoms with Crippen LogP contribution in [-0.2, 0) is 9.59 Å². The van der Waals surface area contributed by atoms with Gasteiger partial charge in [-0.2, -0.15) is 11.8 Å². The highest BCUT2D eigenvalue weighted by Crippen LogP contribution is 2.30. The van der Waals surface area contributed by atoms with Crippen LogP contribution in [0.4, 0.5) is 5.69 Å². The number of anilines is 1. The molecule has 21 heavy (non-hydrogen) atoms. The van der Waals surface area contributed by atoms with Gasteiger partial charge in [-0.15, -0.1) is 0 Å². The molecule has 0 aliphatic carbocycles. The minimum absolute atomic E-state index is 0.0122. The molecule has 1 aliphatic heterocycles. The number of rotatable bonds is 4. The van der Waals surface area contributed by atoms with E-state index in [0.717, 1.165) is 0 Å². The summed E-state index contributed by atoms with van der Waals surface area (Å²) >= 11 is 7.64. The van der Waals surface area contributed by atoms with E-state index in [1.54, 1.807) is 22.9 Å². The zero-order valence-corrected chi connectivity index (χ0v) is 13.9. The Hall–Kier alpha value is -1.20. The van der Waals surface area contributed by atoms with Crippen LogP contribution in [0.25, 0.3) is 0 Å². The minimum Gasteiger partial charge on any atom is -0.333 e. The average Bonchev–Trinajstić information content (AvgIpc) is 2.87. The number of carbonyl (C=O) groups excluding carboxylic acids is 2. The Balaban J connectivity index is 2.15. The molecule has 4 nitrogen and oxygen atoms in total. The van der Waals surface area contributed by atoms with Crippen molar-refractivity contribution >= 4 is 40.9 Å². The van der Waals surface area contributed by atoms with E-state index in [-0.39, 0.29) is 17.1 Å². The molecule has 0 aromatic heterocycles. The van der Waals surface area contributed by atoms with Gasteiger partial charge in [-0.1, -0.05) is 23.7 Å². The van der Waals surface area contributed by atoms with Crippen molar-refractivity contribution in [2.45, 2.75) is 24.6 Å². The number of carbonyl (C=O) groups is 2. The van der Waals surface area contributed by atoms with Gasteiger partial charge < -0.3 is 9.80 Å². The Labute approximate surface area is 134 Å². The van der Waals surface area contributed by atoms with Gasteiger partial charge in [-0.25, -0.2) is 0 Å². The third-order valence-electron chi connectivity index (χ3n) is 3.84. The van der Waals surface area contributed by atoms with E-state index >= 15 is 0 Å². The summed E-state index contributed by atoms with van der Waals surface area (Å²) in [6.07, 6.45) is 2.52. The molecule has 0 saturated carbocycles. The SMILES string of the molecule is CS[C@H](C)C(=O)N(C)[C@@H]1CCN(c2ccccc2Cl)C1=O. The average molecular weight is 327 g/mol. The second kappa shape index (κ2) is 6.71. The van der Waals surface area contributed by atoms with Crippen LogP contribution in [0.5, 0.6) is 0 Å². The Morgan fingerprint density at radius 1 is 1.48 bits per heavy atom. The second-order valence-electron chi connectivity index (χ2n) is 5.07. The largest absolute Gasteiger partial charge is 0.333 e. The van der Waals surface area contributed by atoms with Gasteiger partial charge in [0.2, 0.25) is 11.8 Å². The Morgan fingerprint density at radius 3 is 2.76 bits per heavy atom. The fraction of sp³-hybridized carbons (Fsp3) is 0.467.